The van der Waals surface area contributed by atoms with Gasteiger partial charge in [0, 0.05) is 29.8 Å². The number of thiophene rings is 1. The first kappa shape index (κ1) is 16.7. The van der Waals surface area contributed by atoms with Crippen molar-refractivity contribution in [1.82, 2.24) is 19.9 Å². The lowest BCUT2D eigenvalue weighted by Gasteiger charge is -2.20. The molecular formula is C20H22N4O2S. The van der Waals surface area contributed by atoms with Crippen LogP contribution < -0.4 is 10.1 Å². The van der Waals surface area contributed by atoms with Gasteiger partial charge in [-0.3, -0.25) is 4.79 Å². The van der Waals surface area contributed by atoms with Gasteiger partial charge >= 0.3 is 0 Å². The smallest absolute Gasteiger partial charge is 0.241 e. The molecule has 3 aromatic heterocycles. The van der Waals surface area contributed by atoms with Gasteiger partial charge in [-0.15, -0.1) is 11.3 Å². The van der Waals surface area contributed by atoms with E-state index in [4.69, 9.17) is 9.72 Å². The number of hydrogen-bond acceptors (Lipinski definition) is 5. The fourth-order valence-corrected chi connectivity index (χ4v) is 4.50. The van der Waals surface area contributed by atoms with Crippen molar-refractivity contribution < 1.29 is 9.53 Å². The minimum Gasteiger partial charge on any atom is -0.473 e. The maximum atomic E-state index is 11.6. The molecule has 5 rings (SSSR count). The highest BCUT2D eigenvalue weighted by Gasteiger charge is 2.31. The molecule has 2 atom stereocenters. The largest absolute Gasteiger partial charge is 0.473 e. The molecule has 3 aromatic rings. The van der Waals surface area contributed by atoms with E-state index < -0.39 is 0 Å². The molecule has 140 valence electrons. The third-order valence-electron chi connectivity index (χ3n) is 5.42. The molecule has 7 heteroatoms. The molecule has 0 radical (unpaired) electrons. The van der Waals surface area contributed by atoms with Crippen LogP contribution in [-0.4, -0.2) is 33.1 Å². The van der Waals surface area contributed by atoms with Crippen molar-refractivity contribution in [2.45, 2.75) is 45.3 Å². The molecule has 4 heterocycles. The standard InChI is InChI=1S/C20H22N4O2S/c1-11-3-6-17(27-11)15-8-16-19(24(10-22-16)14-4-5-14)20(23-15)26-12(2)13-7-18(25)21-9-13/h3,6,8,10,12-14H,4-5,7,9H2,1-2H3,(H,21,25). The van der Waals surface area contributed by atoms with Gasteiger partial charge in [0.15, 0.2) is 0 Å². The minimum atomic E-state index is -0.0949. The van der Waals surface area contributed by atoms with Gasteiger partial charge in [-0.25, -0.2) is 9.97 Å². The minimum absolute atomic E-state index is 0.0949. The molecule has 2 aliphatic rings. The zero-order valence-electron chi connectivity index (χ0n) is 15.4. The topological polar surface area (TPSA) is 69.0 Å². The molecule has 1 aliphatic heterocycles. The number of aromatic nitrogens is 3. The first-order chi connectivity index (χ1) is 13.1. The fraction of sp³-hybridized carbons (Fsp3) is 0.450. The molecule has 2 unspecified atom stereocenters. The number of imidazole rings is 1. The van der Waals surface area contributed by atoms with Gasteiger partial charge in [0.1, 0.15) is 11.6 Å². The fourth-order valence-electron chi connectivity index (χ4n) is 3.67. The van der Waals surface area contributed by atoms with E-state index in [1.54, 1.807) is 11.3 Å². The Labute approximate surface area is 161 Å². The van der Waals surface area contributed by atoms with Crippen LogP contribution in [0, 0.1) is 12.8 Å². The average molecular weight is 382 g/mol. The van der Waals surface area contributed by atoms with Crippen LogP contribution >= 0.6 is 11.3 Å². The second-order valence-corrected chi connectivity index (χ2v) is 8.85. The van der Waals surface area contributed by atoms with Crippen molar-refractivity contribution >= 4 is 28.3 Å². The van der Waals surface area contributed by atoms with E-state index in [1.807, 2.05) is 13.3 Å². The number of amides is 1. The molecule has 0 bridgehead atoms. The number of ether oxygens (including phenoxy) is 1. The maximum absolute atomic E-state index is 11.6. The van der Waals surface area contributed by atoms with Gasteiger partial charge in [0.25, 0.3) is 0 Å². The van der Waals surface area contributed by atoms with Crippen LogP contribution in [0.15, 0.2) is 24.5 Å². The van der Waals surface area contributed by atoms with E-state index in [2.05, 4.69) is 40.0 Å². The summed E-state index contributed by atoms with van der Waals surface area (Å²) in [5.41, 5.74) is 2.78. The van der Waals surface area contributed by atoms with Gasteiger partial charge < -0.3 is 14.6 Å². The van der Waals surface area contributed by atoms with Crippen LogP contribution in [0.5, 0.6) is 5.88 Å². The van der Waals surface area contributed by atoms with E-state index >= 15 is 0 Å². The monoisotopic (exact) mass is 382 g/mol. The van der Waals surface area contributed by atoms with Crippen LogP contribution in [0.4, 0.5) is 0 Å². The van der Waals surface area contributed by atoms with Crippen molar-refractivity contribution in [3.05, 3.63) is 29.4 Å². The van der Waals surface area contributed by atoms with E-state index in [9.17, 15) is 4.79 Å². The lowest BCUT2D eigenvalue weighted by atomic mass is 10.0. The van der Waals surface area contributed by atoms with Crippen LogP contribution in [0.25, 0.3) is 21.6 Å². The summed E-state index contributed by atoms with van der Waals surface area (Å²) in [5, 5.41) is 2.89. The second kappa shape index (κ2) is 6.34. The number of nitrogens with one attached hydrogen (secondary N) is 1. The Morgan fingerprint density at radius 1 is 1.37 bits per heavy atom. The van der Waals surface area contributed by atoms with Gasteiger partial charge in [0.05, 0.1) is 22.4 Å². The van der Waals surface area contributed by atoms with Crippen molar-refractivity contribution in [3.8, 4) is 16.5 Å². The summed E-state index contributed by atoms with van der Waals surface area (Å²) < 4.78 is 8.55. The predicted molar refractivity (Wildman–Crippen MR) is 105 cm³/mol. The van der Waals surface area contributed by atoms with Crippen molar-refractivity contribution in [3.63, 3.8) is 0 Å². The molecule has 1 N–H and O–H groups in total. The van der Waals surface area contributed by atoms with Gasteiger partial charge in [-0.2, -0.15) is 0 Å². The third-order valence-corrected chi connectivity index (χ3v) is 6.45. The predicted octanol–water partition coefficient (Wildman–Crippen LogP) is 3.71. The highest BCUT2D eigenvalue weighted by Crippen LogP contribution is 2.41. The van der Waals surface area contributed by atoms with E-state index in [-0.39, 0.29) is 17.9 Å². The number of carbonyl (C=O) groups excluding carboxylic acids is 1. The van der Waals surface area contributed by atoms with Crippen LogP contribution in [0.3, 0.4) is 0 Å². The van der Waals surface area contributed by atoms with Crippen LogP contribution in [-0.2, 0) is 4.79 Å². The molecular weight excluding hydrogens is 360 g/mol. The Morgan fingerprint density at radius 3 is 2.89 bits per heavy atom. The molecule has 1 saturated heterocycles. The van der Waals surface area contributed by atoms with Crippen molar-refractivity contribution in [2.24, 2.45) is 5.92 Å². The SMILES string of the molecule is Cc1ccc(-c2cc3ncn(C4CC4)c3c(OC(C)C3CNC(=O)C3)n2)s1. The summed E-state index contributed by atoms with van der Waals surface area (Å²) in [7, 11) is 0. The normalized spacial score (nSPS) is 20.8. The third kappa shape index (κ3) is 3.10. The van der Waals surface area contributed by atoms with Gasteiger partial charge in [-0.1, -0.05) is 0 Å². The molecule has 2 fully saturated rings. The summed E-state index contributed by atoms with van der Waals surface area (Å²) in [4.78, 5) is 23.5. The molecule has 0 spiro atoms. The van der Waals surface area contributed by atoms with Crippen LogP contribution in [0.1, 0.15) is 37.1 Å². The zero-order valence-corrected chi connectivity index (χ0v) is 16.3. The Hall–Kier alpha value is -2.41. The highest BCUT2D eigenvalue weighted by atomic mass is 32.1. The summed E-state index contributed by atoms with van der Waals surface area (Å²) in [6.07, 6.45) is 4.67. The first-order valence-electron chi connectivity index (χ1n) is 9.46. The Balaban J connectivity index is 1.56. The Bertz CT molecular complexity index is 1020. The number of aryl methyl sites for hydroxylation is 1. The van der Waals surface area contributed by atoms with Crippen molar-refractivity contribution in [1.29, 1.82) is 0 Å². The number of nitrogens with zero attached hydrogens (tertiary/aromatic N) is 3. The number of hydrogen-bond donors (Lipinski definition) is 1. The van der Waals surface area contributed by atoms with Gasteiger partial charge in [0.2, 0.25) is 11.8 Å². The lowest BCUT2D eigenvalue weighted by Crippen LogP contribution is -2.26. The number of rotatable bonds is 5. The van der Waals surface area contributed by atoms with E-state index in [0.717, 1.165) is 21.6 Å². The summed E-state index contributed by atoms with van der Waals surface area (Å²) in [6.45, 7) is 4.78. The summed E-state index contributed by atoms with van der Waals surface area (Å²) >= 11 is 1.72. The zero-order chi connectivity index (χ0) is 18.5. The second-order valence-electron chi connectivity index (χ2n) is 7.56. The Morgan fingerprint density at radius 2 is 2.22 bits per heavy atom. The van der Waals surface area contributed by atoms with E-state index in [0.29, 0.717) is 24.9 Å². The molecule has 1 amide bonds. The van der Waals surface area contributed by atoms with E-state index in [1.165, 1.54) is 17.7 Å². The average Bonchev–Trinajstić information content (AvgIpc) is 3.04. The maximum Gasteiger partial charge on any atom is 0.241 e. The molecule has 1 saturated carbocycles. The number of fused-ring (bicyclic) bond motifs is 1. The number of carbonyl (C=O) groups is 1. The molecule has 27 heavy (non-hydrogen) atoms. The number of pyridine rings is 1. The highest BCUT2D eigenvalue weighted by molar-refractivity contribution is 7.15. The van der Waals surface area contributed by atoms with Crippen molar-refractivity contribution in [2.75, 3.05) is 6.54 Å². The van der Waals surface area contributed by atoms with Crippen LogP contribution in [0.2, 0.25) is 0 Å². The van der Waals surface area contributed by atoms with Gasteiger partial charge in [-0.05, 0) is 44.9 Å². The Kier molecular flexibility index (Phi) is 3.93. The molecule has 6 nitrogen and oxygen atoms in total. The quantitative estimate of drug-likeness (QED) is 0.730. The molecule has 0 aromatic carbocycles. The summed E-state index contributed by atoms with van der Waals surface area (Å²) in [5.74, 6) is 0.892. The summed E-state index contributed by atoms with van der Waals surface area (Å²) in [6, 6.07) is 6.75. The lowest BCUT2D eigenvalue weighted by molar-refractivity contribution is -0.119. The first-order valence-corrected chi connectivity index (χ1v) is 10.3. The molecule has 1 aliphatic carbocycles.